The van der Waals surface area contributed by atoms with E-state index in [9.17, 15) is 14.4 Å². The van der Waals surface area contributed by atoms with Crippen LogP contribution in [0.1, 0.15) is 24.1 Å². The Morgan fingerprint density at radius 1 is 1.24 bits per heavy atom. The topological polar surface area (TPSA) is 89.3 Å². The van der Waals surface area contributed by atoms with Gasteiger partial charge in [-0.15, -0.1) is 0 Å². The third kappa shape index (κ3) is 2.36. The number of carbonyl (C=O) groups excluding carboxylic acids is 2. The van der Waals surface area contributed by atoms with Gasteiger partial charge in [-0.2, -0.15) is 0 Å². The van der Waals surface area contributed by atoms with Crippen molar-refractivity contribution in [2.45, 2.75) is 32.2 Å². The highest BCUT2D eigenvalue weighted by atomic mass is 16.2. The first kappa shape index (κ1) is 13.9. The molecule has 4 heterocycles. The summed E-state index contributed by atoms with van der Waals surface area (Å²) in [7, 11) is 1.81. The van der Waals surface area contributed by atoms with Gasteiger partial charge in [0, 0.05) is 37.4 Å². The van der Waals surface area contributed by atoms with E-state index in [1.165, 1.54) is 0 Å². The Kier molecular flexibility index (Phi) is 3.35. The van der Waals surface area contributed by atoms with Gasteiger partial charge in [-0.3, -0.25) is 19.5 Å². The molecule has 4 rings (SSSR count). The molecule has 2 atom stereocenters. The molecule has 3 fully saturated rings. The Labute approximate surface area is 122 Å². The normalized spacial score (nSPS) is 25.3. The van der Waals surface area contributed by atoms with Gasteiger partial charge >= 0.3 is 0 Å². The fourth-order valence-corrected chi connectivity index (χ4v) is 3.31. The lowest BCUT2D eigenvalue weighted by atomic mass is 9.95. The molecule has 1 aromatic heterocycles. The Balaban J connectivity index is 1.77. The highest BCUT2D eigenvalue weighted by Gasteiger charge is 2.40. The maximum absolute atomic E-state index is 12.5. The predicted octanol–water partition coefficient (Wildman–Crippen LogP) is -0.367. The van der Waals surface area contributed by atoms with E-state index in [2.05, 4.69) is 10.2 Å². The first-order valence-electron chi connectivity index (χ1n) is 7.28. The molecule has 2 N–H and O–H groups in total. The highest BCUT2D eigenvalue weighted by molar-refractivity contribution is 5.83. The summed E-state index contributed by atoms with van der Waals surface area (Å²) in [4.78, 5) is 39.8. The van der Waals surface area contributed by atoms with Crippen LogP contribution < -0.4 is 5.56 Å². The van der Waals surface area contributed by atoms with Crippen LogP contribution in [-0.2, 0) is 16.0 Å². The van der Waals surface area contributed by atoms with Crippen LogP contribution in [-0.4, -0.2) is 58.0 Å². The molecule has 2 bridgehead atoms. The number of aryl methyl sites for hydroxylation is 1. The second-order valence-corrected chi connectivity index (χ2v) is 6.04. The molecule has 7 nitrogen and oxygen atoms in total. The molecule has 0 radical (unpaired) electrons. The van der Waals surface area contributed by atoms with Gasteiger partial charge in [0.05, 0.1) is 12.3 Å². The van der Waals surface area contributed by atoms with Gasteiger partial charge in [-0.05, 0) is 19.8 Å². The molecule has 1 aromatic rings. The van der Waals surface area contributed by atoms with E-state index in [0.29, 0.717) is 24.3 Å². The zero-order valence-electron chi connectivity index (χ0n) is 12.3. The van der Waals surface area contributed by atoms with E-state index in [-0.39, 0.29) is 35.8 Å². The van der Waals surface area contributed by atoms with E-state index in [4.69, 9.17) is 0 Å². The number of aromatic nitrogens is 2. The van der Waals surface area contributed by atoms with Crippen molar-refractivity contribution in [2.75, 3.05) is 20.1 Å². The number of hydrogen-bond acceptors (Lipinski definition) is 3. The molecule has 114 valence electrons. The largest absolute Gasteiger partial charge is 0.341 e. The highest BCUT2D eigenvalue weighted by Crippen LogP contribution is 2.28. The van der Waals surface area contributed by atoms with E-state index in [1.54, 1.807) is 16.7 Å². The van der Waals surface area contributed by atoms with Gasteiger partial charge < -0.3 is 14.9 Å². The quantitative estimate of drug-likeness (QED) is 0.779. The van der Waals surface area contributed by atoms with E-state index >= 15 is 0 Å². The second-order valence-electron chi connectivity index (χ2n) is 6.04. The molecule has 3 saturated heterocycles. The lowest BCUT2D eigenvalue weighted by Gasteiger charge is -2.32. The summed E-state index contributed by atoms with van der Waals surface area (Å²) in [5.41, 5.74) is 0.933. The summed E-state index contributed by atoms with van der Waals surface area (Å²) < 4.78 is 0. The van der Waals surface area contributed by atoms with Crippen molar-refractivity contribution in [2.24, 2.45) is 5.92 Å². The molecule has 21 heavy (non-hydrogen) atoms. The number of fused-ring (bicyclic) bond motifs is 4. The smallest absolute Gasteiger partial charge is 0.267 e. The average molecular weight is 292 g/mol. The fraction of sp³-hybridized carbons (Fsp3) is 0.643. The monoisotopic (exact) mass is 292 g/mol. The number of aromatic amines is 2. The van der Waals surface area contributed by atoms with Crippen LogP contribution in [0.15, 0.2) is 4.79 Å². The number of nitrogens with one attached hydrogen (secondary N) is 2. The van der Waals surface area contributed by atoms with Gasteiger partial charge in [-0.25, -0.2) is 0 Å². The Morgan fingerprint density at radius 2 is 2.00 bits per heavy atom. The molecule has 0 aromatic carbocycles. The lowest BCUT2D eigenvalue weighted by Crippen LogP contribution is -2.45. The third-order valence-electron chi connectivity index (χ3n) is 4.74. The SMILES string of the molecule is Cc1[nH][nH]c(=O)c1CC(=O)N1C[C@H]2CC[C@@H](C1)N(C)C2=O. The van der Waals surface area contributed by atoms with Crippen LogP contribution in [0.4, 0.5) is 0 Å². The van der Waals surface area contributed by atoms with E-state index in [0.717, 1.165) is 12.8 Å². The summed E-state index contributed by atoms with van der Waals surface area (Å²) in [6.07, 6.45) is 1.88. The minimum atomic E-state index is -0.244. The minimum Gasteiger partial charge on any atom is -0.341 e. The van der Waals surface area contributed by atoms with Gasteiger partial charge in [-0.1, -0.05) is 0 Å². The van der Waals surface area contributed by atoms with Gasteiger partial charge in [0.1, 0.15) is 0 Å². The van der Waals surface area contributed by atoms with E-state index < -0.39 is 0 Å². The van der Waals surface area contributed by atoms with Crippen LogP contribution in [0.25, 0.3) is 0 Å². The number of nitrogens with zero attached hydrogens (tertiary/aromatic N) is 2. The molecule has 2 amide bonds. The summed E-state index contributed by atoms with van der Waals surface area (Å²) in [6, 6.07) is 0.103. The van der Waals surface area contributed by atoms with Crippen LogP contribution in [0.2, 0.25) is 0 Å². The number of rotatable bonds is 2. The van der Waals surface area contributed by atoms with E-state index in [1.807, 2.05) is 7.05 Å². The van der Waals surface area contributed by atoms with Crippen molar-refractivity contribution in [3.05, 3.63) is 21.6 Å². The molecular formula is C14H20N4O3. The zero-order chi connectivity index (χ0) is 15.1. The zero-order valence-corrected chi connectivity index (χ0v) is 12.3. The first-order valence-corrected chi connectivity index (χ1v) is 7.28. The summed E-state index contributed by atoms with van der Waals surface area (Å²) in [5, 5.41) is 5.22. The molecule has 0 spiro atoms. The first-order chi connectivity index (χ1) is 9.97. The van der Waals surface area contributed by atoms with Crippen LogP contribution in [0.5, 0.6) is 0 Å². The molecular weight excluding hydrogens is 272 g/mol. The lowest BCUT2D eigenvalue weighted by molar-refractivity contribution is -0.138. The number of piperidine rings is 1. The fourth-order valence-electron chi connectivity index (χ4n) is 3.31. The molecule has 0 aliphatic carbocycles. The Hall–Kier alpha value is -2.05. The number of amides is 2. The number of carbonyl (C=O) groups is 2. The summed E-state index contributed by atoms with van der Waals surface area (Å²) >= 11 is 0. The molecule has 3 aliphatic rings. The molecule has 0 saturated carbocycles. The molecule has 3 aliphatic heterocycles. The van der Waals surface area contributed by atoms with Crippen molar-refractivity contribution in [3.8, 4) is 0 Å². The van der Waals surface area contributed by atoms with Crippen molar-refractivity contribution in [1.29, 1.82) is 0 Å². The van der Waals surface area contributed by atoms with Crippen LogP contribution >= 0.6 is 0 Å². The van der Waals surface area contributed by atoms with Gasteiger partial charge in [0.25, 0.3) is 5.56 Å². The maximum Gasteiger partial charge on any atom is 0.267 e. The van der Waals surface area contributed by atoms with Crippen LogP contribution in [0, 0.1) is 12.8 Å². The third-order valence-corrected chi connectivity index (χ3v) is 4.74. The predicted molar refractivity (Wildman–Crippen MR) is 75.7 cm³/mol. The van der Waals surface area contributed by atoms with Crippen LogP contribution in [0.3, 0.4) is 0 Å². The molecule has 7 heteroatoms. The average Bonchev–Trinajstić information content (AvgIpc) is 2.67. The summed E-state index contributed by atoms with van der Waals surface area (Å²) in [6.45, 7) is 2.81. The molecule has 0 unspecified atom stereocenters. The number of hydrogen-bond donors (Lipinski definition) is 2. The minimum absolute atomic E-state index is 0.0804. The van der Waals surface area contributed by atoms with Crippen molar-refractivity contribution in [3.63, 3.8) is 0 Å². The second kappa shape index (κ2) is 5.05. The standard InChI is InChI=1S/C14H20N4O3/c1-8-11(13(20)16-15-8)5-12(19)18-6-9-3-4-10(7-18)17(2)14(9)21/h9-10H,3-7H2,1-2H3,(H2,15,16,20)/t9-,10+/m1/s1. The van der Waals surface area contributed by atoms with Crippen molar-refractivity contribution < 1.29 is 9.59 Å². The number of H-pyrrole nitrogens is 2. The Bertz CT molecular complexity index is 632. The summed E-state index contributed by atoms with van der Waals surface area (Å²) in [5.74, 6) is -0.0382. The van der Waals surface area contributed by atoms with Gasteiger partial charge in [0.2, 0.25) is 11.8 Å². The maximum atomic E-state index is 12.5. The number of likely N-dealkylation sites (N-methyl/N-ethyl adjacent to an activating group) is 1. The van der Waals surface area contributed by atoms with Crippen molar-refractivity contribution >= 4 is 11.8 Å². The van der Waals surface area contributed by atoms with Crippen molar-refractivity contribution in [1.82, 2.24) is 20.0 Å². The van der Waals surface area contributed by atoms with Gasteiger partial charge in [0.15, 0.2) is 0 Å². The Morgan fingerprint density at radius 3 is 2.67 bits per heavy atom.